The van der Waals surface area contributed by atoms with E-state index in [1.165, 1.54) is 0 Å². The maximum Gasteiger partial charge on any atom is 0.251 e. The quantitative estimate of drug-likeness (QED) is 0.775. The molecule has 1 fully saturated rings. The van der Waals surface area contributed by atoms with Crippen LogP contribution in [0.1, 0.15) is 23.2 Å². The number of ether oxygens (including phenoxy) is 1. The summed E-state index contributed by atoms with van der Waals surface area (Å²) in [4.78, 5) is 11.7. The minimum Gasteiger partial charge on any atom is -0.492 e. The Labute approximate surface area is 94.8 Å². The fourth-order valence-electron chi connectivity index (χ4n) is 1.40. The molecule has 0 spiro atoms. The maximum absolute atomic E-state index is 11.7. The molecule has 1 aromatic rings. The van der Waals surface area contributed by atoms with Gasteiger partial charge in [0.25, 0.3) is 5.91 Å². The Balaban J connectivity index is 1.99. The molecule has 0 saturated heterocycles. The van der Waals surface area contributed by atoms with Crippen molar-refractivity contribution in [2.45, 2.75) is 18.9 Å². The molecule has 0 unspecified atom stereocenters. The van der Waals surface area contributed by atoms with Crippen molar-refractivity contribution in [3.05, 3.63) is 29.8 Å². The van der Waals surface area contributed by atoms with Gasteiger partial charge in [-0.05, 0) is 31.0 Å². The van der Waals surface area contributed by atoms with Gasteiger partial charge in [-0.2, -0.15) is 0 Å². The predicted molar refractivity (Wildman–Crippen MR) is 61.5 cm³/mol. The first-order valence-corrected chi connectivity index (χ1v) is 5.53. The largest absolute Gasteiger partial charge is 0.492 e. The van der Waals surface area contributed by atoms with E-state index in [1.807, 2.05) is 12.1 Å². The van der Waals surface area contributed by atoms with Crippen molar-refractivity contribution in [1.29, 1.82) is 0 Å². The molecule has 1 amide bonds. The summed E-state index contributed by atoms with van der Waals surface area (Å²) in [5.41, 5.74) is 5.98. The molecule has 2 rings (SSSR count). The van der Waals surface area contributed by atoms with Gasteiger partial charge in [0.1, 0.15) is 12.4 Å². The van der Waals surface area contributed by atoms with Gasteiger partial charge in [-0.25, -0.2) is 0 Å². The van der Waals surface area contributed by atoms with Gasteiger partial charge in [0.2, 0.25) is 0 Å². The van der Waals surface area contributed by atoms with Crippen molar-refractivity contribution in [1.82, 2.24) is 5.32 Å². The normalized spacial score (nSPS) is 14.6. The van der Waals surface area contributed by atoms with Crippen LogP contribution in [-0.4, -0.2) is 25.1 Å². The van der Waals surface area contributed by atoms with Gasteiger partial charge in [-0.15, -0.1) is 0 Å². The van der Waals surface area contributed by atoms with Gasteiger partial charge in [0.05, 0.1) is 0 Å². The molecule has 0 heterocycles. The van der Waals surface area contributed by atoms with Crippen LogP contribution >= 0.6 is 0 Å². The lowest BCUT2D eigenvalue weighted by Crippen LogP contribution is -2.25. The van der Waals surface area contributed by atoms with E-state index < -0.39 is 0 Å². The summed E-state index contributed by atoms with van der Waals surface area (Å²) in [6, 6.07) is 7.54. The maximum atomic E-state index is 11.7. The van der Waals surface area contributed by atoms with Crippen molar-refractivity contribution in [3.8, 4) is 5.75 Å². The molecule has 4 heteroatoms. The van der Waals surface area contributed by atoms with Crippen LogP contribution in [0, 0.1) is 0 Å². The summed E-state index contributed by atoms with van der Waals surface area (Å²) in [5.74, 6) is 0.662. The molecule has 0 atom stereocenters. The van der Waals surface area contributed by atoms with E-state index >= 15 is 0 Å². The van der Waals surface area contributed by atoms with E-state index in [0.717, 1.165) is 12.8 Å². The molecule has 86 valence electrons. The number of carbonyl (C=O) groups is 1. The Hall–Kier alpha value is -1.55. The minimum atomic E-state index is -0.0271. The van der Waals surface area contributed by atoms with Gasteiger partial charge >= 0.3 is 0 Å². The Bertz CT molecular complexity index is 375. The average molecular weight is 220 g/mol. The number of benzene rings is 1. The molecule has 4 nitrogen and oxygen atoms in total. The molecule has 1 aliphatic carbocycles. The number of carbonyl (C=O) groups excluding carboxylic acids is 1. The highest BCUT2D eigenvalue weighted by Gasteiger charge is 2.23. The van der Waals surface area contributed by atoms with Gasteiger partial charge in [0.15, 0.2) is 0 Å². The number of rotatable bonds is 5. The van der Waals surface area contributed by atoms with Crippen LogP contribution in [0.25, 0.3) is 0 Å². The molecule has 0 aliphatic heterocycles. The zero-order valence-corrected chi connectivity index (χ0v) is 9.11. The standard InChI is InChI=1S/C12H16N2O2/c13-6-7-16-11-3-1-2-9(8-11)12(15)14-10-4-5-10/h1-3,8,10H,4-7,13H2,(H,14,15). The smallest absolute Gasteiger partial charge is 0.251 e. The van der Waals surface area contributed by atoms with E-state index in [0.29, 0.717) is 30.5 Å². The molecular formula is C12H16N2O2. The third-order valence-corrected chi connectivity index (χ3v) is 2.40. The van der Waals surface area contributed by atoms with Crippen molar-refractivity contribution in [2.75, 3.05) is 13.2 Å². The topological polar surface area (TPSA) is 64.3 Å². The van der Waals surface area contributed by atoms with Crippen molar-refractivity contribution in [2.24, 2.45) is 5.73 Å². The third kappa shape index (κ3) is 2.97. The fourth-order valence-corrected chi connectivity index (χ4v) is 1.40. The van der Waals surface area contributed by atoms with Gasteiger partial charge in [-0.3, -0.25) is 4.79 Å². The van der Waals surface area contributed by atoms with Crippen LogP contribution in [-0.2, 0) is 0 Å². The third-order valence-electron chi connectivity index (χ3n) is 2.40. The van der Waals surface area contributed by atoms with E-state index in [4.69, 9.17) is 10.5 Å². The Morgan fingerprint density at radius 2 is 2.31 bits per heavy atom. The monoisotopic (exact) mass is 220 g/mol. The summed E-state index contributed by atoms with van der Waals surface area (Å²) in [6.45, 7) is 0.937. The summed E-state index contributed by atoms with van der Waals surface area (Å²) in [5, 5.41) is 2.93. The fraction of sp³-hybridized carbons (Fsp3) is 0.417. The zero-order valence-electron chi connectivity index (χ0n) is 9.11. The van der Waals surface area contributed by atoms with E-state index in [1.54, 1.807) is 12.1 Å². The Morgan fingerprint density at radius 1 is 1.50 bits per heavy atom. The summed E-state index contributed by atoms with van der Waals surface area (Å²) >= 11 is 0. The van der Waals surface area contributed by atoms with Crippen LogP contribution in [0.5, 0.6) is 5.75 Å². The highest BCUT2D eigenvalue weighted by atomic mass is 16.5. The van der Waals surface area contributed by atoms with E-state index in [-0.39, 0.29) is 5.91 Å². The number of nitrogens with two attached hydrogens (primary N) is 1. The number of nitrogens with one attached hydrogen (secondary N) is 1. The molecule has 1 aromatic carbocycles. The molecule has 16 heavy (non-hydrogen) atoms. The molecule has 1 saturated carbocycles. The SMILES string of the molecule is NCCOc1cccc(C(=O)NC2CC2)c1. The average Bonchev–Trinajstić information content (AvgIpc) is 3.10. The lowest BCUT2D eigenvalue weighted by molar-refractivity contribution is 0.0950. The predicted octanol–water partition coefficient (Wildman–Crippen LogP) is 0.916. The molecule has 0 radical (unpaired) electrons. The highest BCUT2D eigenvalue weighted by Crippen LogP contribution is 2.20. The van der Waals surface area contributed by atoms with Crippen LogP contribution in [0.4, 0.5) is 0 Å². The highest BCUT2D eigenvalue weighted by molar-refractivity contribution is 5.94. The van der Waals surface area contributed by atoms with Gasteiger partial charge in [0, 0.05) is 18.2 Å². The van der Waals surface area contributed by atoms with Crippen molar-refractivity contribution in [3.63, 3.8) is 0 Å². The summed E-state index contributed by atoms with van der Waals surface area (Å²) < 4.78 is 5.36. The molecule has 3 N–H and O–H groups in total. The zero-order chi connectivity index (χ0) is 11.4. The number of amides is 1. The van der Waals surface area contributed by atoms with E-state index in [9.17, 15) is 4.79 Å². The molecule has 0 aromatic heterocycles. The first-order chi connectivity index (χ1) is 7.79. The van der Waals surface area contributed by atoms with Gasteiger partial charge in [-0.1, -0.05) is 6.07 Å². The Kier molecular flexibility index (Phi) is 3.41. The second-order valence-corrected chi connectivity index (χ2v) is 3.91. The lowest BCUT2D eigenvalue weighted by Gasteiger charge is -2.07. The summed E-state index contributed by atoms with van der Waals surface area (Å²) in [6.07, 6.45) is 2.18. The van der Waals surface area contributed by atoms with Crippen LogP contribution in [0.15, 0.2) is 24.3 Å². The van der Waals surface area contributed by atoms with Crippen LogP contribution < -0.4 is 15.8 Å². The number of hydrogen-bond donors (Lipinski definition) is 2. The minimum absolute atomic E-state index is 0.0271. The molecule has 1 aliphatic rings. The molecular weight excluding hydrogens is 204 g/mol. The molecule has 0 bridgehead atoms. The lowest BCUT2D eigenvalue weighted by atomic mass is 10.2. The summed E-state index contributed by atoms with van der Waals surface area (Å²) in [7, 11) is 0. The van der Waals surface area contributed by atoms with Crippen molar-refractivity contribution < 1.29 is 9.53 Å². The van der Waals surface area contributed by atoms with Crippen LogP contribution in [0.3, 0.4) is 0 Å². The second-order valence-electron chi connectivity index (χ2n) is 3.91. The van der Waals surface area contributed by atoms with Crippen molar-refractivity contribution >= 4 is 5.91 Å². The first-order valence-electron chi connectivity index (χ1n) is 5.53. The van der Waals surface area contributed by atoms with E-state index in [2.05, 4.69) is 5.32 Å². The first kappa shape index (κ1) is 11.0. The van der Waals surface area contributed by atoms with Gasteiger partial charge < -0.3 is 15.8 Å². The number of hydrogen-bond acceptors (Lipinski definition) is 3. The van der Waals surface area contributed by atoms with Crippen LogP contribution in [0.2, 0.25) is 0 Å². The Morgan fingerprint density at radius 3 is 3.00 bits per heavy atom. The second kappa shape index (κ2) is 4.99.